The summed E-state index contributed by atoms with van der Waals surface area (Å²) in [5, 5.41) is 15.5. The fraction of sp³-hybridized carbons (Fsp3) is 0.533. The molecule has 1 aliphatic carbocycles. The predicted octanol–water partition coefficient (Wildman–Crippen LogP) is 2.67. The minimum atomic E-state index is -0.270. The number of rotatable bonds is 3. The average molecular weight is 262 g/mol. The van der Waals surface area contributed by atoms with Gasteiger partial charge in [-0.15, -0.1) is 0 Å². The molecule has 1 aromatic carbocycles. The molecule has 1 aromatic rings. The van der Waals surface area contributed by atoms with E-state index in [9.17, 15) is 9.90 Å². The molecule has 0 aromatic heterocycles. The van der Waals surface area contributed by atoms with Crippen molar-refractivity contribution < 1.29 is 9.90 Å². The van der Waals surface area contributed by atoms with E-state index in [1.807, 2.05) is 31.2 Å². The zero-order chi connectivity index (χ0) is 13.7. The highest BCUT2D eigenvalue weighted by molar-refractivity contribution is 5.89. The van der Waals surface area contributed by atoms with Gasteiger partial charge in [0.25, 0.3) is 0 Å². The van der Waals surface area contributed by atoms with Gasteiger partial charge in [0.05, 0.1) is 6.10 Å². The standard InChI is InChI=1S/C15H22N2O2/c1-11-5-4-7-13(9-11)17-15(19)16-10-12-6-2-3-8-14(12)18/h4-5,7,9,12,14,18H,2-3,6,8,10H2,1H3,(H2,16,17,19)/t12-,14-/m0/s1. The zero-order valence-corrected chi connectivity index (χ0v) is 11.4. The van der Waals surface area contributed by atoms with Gasteiger partial charge in [0.2, 0.25) is 0 Å². The van der Waals surface area contributed by atoms with Crippen molar-refractivity contribution in [1.29, 1.82) is 0 Å². The second kappa shape index (κ2) is 6.57. The van der Waals surface area contributed by atoms with Crippen molar-refractivity contribution in [1.82, 2.24) is 5.32 Å². The van der Waals surface area contributed by atoms with Gasteiger partial charge in [-0.2, -0.15) is 0 Å². The van der Waals surface area contributed by atoms with E-state index >= 15 is 0 Å². The van der Waals surface area contributed by atoms with Crippen LogP contribution in [0.25, 0.3) is 0 Å². The minimum Gasteiger partial charge on any atom is -0.393 e. The van der Waals surface area contributed by atoms with Crippen LogP contribution in [0.3, 0.4) is 0 Å². The van der Waals surface area contributed by atoms with Crippen molar-refractivity contribution in [3.63, 3.8) is 0 Å². The number of aliphatic hydroxyl groups excluding tert-OH is 1. The Kier molecular flexibility index (Phi) is 4.80. The number of nitrogens with one attached hydrogen (secondary N) is 2. The first-order valence-corrected chi connectivity index (χ1v) is 6.95. The smallest absolute Gasteiger partial charge is 0.319 e. The summed E-state index contributed by atoms with van der Waals surface area (Å²) in [6.45, 7) is 2.53. The van der Waals surface area contributed by atoms with Crippen LogP contribution < -0.4 is 10.6 Å². The fourth-order valence-corrected chi connectivity index (χ4v) is 2.55. The van der Waals surface area contributed by atoms with Crippen molar-refractivity contribution in [2.24, 2.45) is 5.92 Å². The third-order valence-corrected chi connectivity index (χ3v) is 3.67. The van der Waals surface area contributed by atoms with E-state index in [2.05, 4.69) is 10.6 Å². The second-order valence-corrected chi connectivity index (χ2v) is 5.32. The van der Waals surface area contributed by atoms with Crippen molar-refractivity contribution in [2.45, 2.75) is 38.7 Å². The summed E-state index contributed by atoms with van der Waals surface area (Å²) < 4.78 is 0. The molecular formula is C15H22N2O2. The Morgan fingerprint density at radius 2 is 2.16 bits per heavy atom. The molecule has 0 bridgehead atoms. The summed E-state index contributed by atoms with van der Waals surface area (Å²) >= 11 is 0. The van der Waals surface area contributed by atoms with Gasteiger partial charge < -0.3 is 15.7 Å². The van der Waals surface area contributed by atoms with Crippen LogP contribution in [0.1, 0.15) is 31.2 Å². The Bertz CT molecular complexity index is 434. The third-order valence-electron chi connectivity index (χ3n) is 3.67. The van der Waals surface area contributed by atoms with Crippen LogP contribution in [-0.2, 0) is 0 Å². The van der Waals surface area contributed by atoms with Gasteiger partial charge in [-0.1, -0.05) is 25.0 Å². The molecule has 2 atom stereocenters. The summed E-state index contributed by atoms with van der Waals surface area (Å²) in [4.78, 5) is 11.8. The van der Waals surface area contributed by atoms with Gasteiger partial charge in [0.1, 0.15) is 0 Å². The first kappa shape index (κ1) is 13.9. The van der Waals surface area contributed by atoms with E-state index in [-0.39, 0.29) is 18.1 Å². The van der Waals surface area contributed by atoms with E-state index < -0.39 is 0 Å². The third kappa shape index (κ3) is 4.24. The van der Waals surface area contributed by atoms with Crippen LogP contribution in [0.5, 0.6) is 0 Å². The molecule has 0 spiro atoms. The van der Waals surface area contributed by atoms with Crippen molar-refractivity contribution >= 4 is 11.7 Å². The van der Waals surface area contributed by atoms with Crippen LogP contribution in [0, 0.1) is 12.8 Å². The van der Waals surface area contributed by atoms with Crippen LogP contribution in [0.2, 0.25) is 0 Å². The predicted molar refractivity (Wildman–Crippen MR) is 76.2 cm³/mol. The molecule has 0 radical (unpaired) electrons. The van der Waals surface area contributed by atoms with Crippen LogP contribution >= 0.6 is 0 Å². The van der Waals surface area contributed by atoms with Crippen molar-refractivity contribution in [3.8, 4) is 0 Å². The normalized spacial score (nSPS) is 22.8. The molecular weight excluding hydrogens is 240 g/mol. The number of amides is 2. The molecule has 2 rings (SSSR count). The maximum Gasteiger partial charge on any atom is 0.319 e. The summed E-state index contributed by atoms with van der Waals surface area (Å²) in [6, 6.07) is 7.48. The summed E-state index contributed by atoms with van der Waals surface area (Å²) in [5.74, 6) is 0.192. The summed E-state index contributed by atoms with van der Waals surface area (Å²) in [5.41, 5.74) is 1.90. The molecule has 1 fully saturated rings. The number of carbonyl (C=O) groups is 1. The maximum atomic E-state index is 11.8. The van der Waals surface area contributed by atoms with Gasteiger partial charge in [-0.3, -0.25) is 0 Å². The molecule has 0 aliphatic heterocycles. The van der Waals surface area contributed by atoms with Crippen molar-refractivity contribution in [3.05, 3.63) is 29.8 Å². The number of urea groups is 1. The maximum absolute atomic E-state index is 11.8. The molecule has 0 unspecified atom stereocenters. The topological polar surface area (TPSA) is 61.4 Å². The SMILES string of the molecule is Cc1cccc(NC(=O)NC[C@@H]2CCCC[C@@H]2O)c1. The van der Waals surface area contributed by atoms with E-state index in [1.54, 1.807) is 0 Å². The summed E-state index contributed by atoms with van der Waals surface area (Å²) in [7, 11) is 0. The fourth-order valence-electron chi connectivity index (χ4n) is 2.55. The number of aryl methyl sites for hydroxylation is 1. The van der Waals surface area contributed by atoms with E-state index in [4.69, 9.17) is 0 Å². The van der Waals surface area contributed by atoms with Crippen molar-refractivity contribution in [2.75, 3.05) is 11.9 Å². The lowest BCUT2D eigenvalue weighted by Gasteiger charge is -2.27. The molecule has 104 valence electrons. The molecule has 3 N–H and O–H groups in total. The number of aliphatic hydroxyl groups is 1. The molecule has 4 heteroatoms. The van der Waals surface area contributed by atoms with Gasteiger partial charge in [-0.05, 0) is 37.5 Å². The molecule has 19 heavy (non-hydrogen) atoms. The monoisotopic (exact) mass is 262 g/mol. The lowest BCUT2D eigenvalue weighted by Crippen LogP contribution is -2.38. The molecule has 0 heterocycles. The molecule has 4 nitrogen and oxygen atoms in total. The Hall–Kier alpha value is -1.55. The Labute approximate surface area is 114 Å². The number of hydrogen-bond acceptors (Lipinski definition) is 2. The Morgan fingerprint density at radius 3 is 2.89 bits per heavy atom. The second-order valence-electron chi connectivity index (χ2n) is 5.32. The van der Waals surface area contributed by atoms with Gasteiger partial charge in [0, 0.05) is 18.2 Å². The van der Waals surface area contributed by atoms with Crippen LogP contribution in [0.4, 0.5) is 10.5 Å². The Balaban J connectivity index is 1.78. The highest BCUT2D eigenvalue weighted by Gasteiger charge is 2.23. The van der Waals surface area contributed by atoms with Crippen LogP contribution in [0.15, 0.2) is 24.3 Å². The van der Waals surface area contributed by atoms with E-state index in [0.29, 0.717) is 6.54 Å². The largest absolute Gasteiger partial charge is 0.393 e. The molecule has 2 amide bonds. The Morgan fingerprint density at radius 1 is 1.37 bits per heavy atom. The quantitative estimate of drug-likeness (QED) is 0.784. The minimum absolute atomic E-state index is 0.192. The van der Waals surface area contributed by atoms with Crippen LogP contribution in [-0.4, -0.2) is 23.8 Å². The average Bonchev–Trinajstić information content (AvgIpc) is 2.38. The molecule has 1 aliphatic rings. The van der Waals surface area contributed by atoms with Gasteiger partial charge in [0.15, 0.2) is 0 Å². The molecule has 0 saturated heterocycles. The summed E-state index contributed by atoms with van der Waals surface area (Å²) in [6.07, 6.45) is 3.81. The van der Waals surface area contributed by atoms with Gasteiger partial charge in [-0.25, -0.2) is 4.79 Å². The van der Waals surface area contributed by atoms with E-state index in [1.165, 1.54) is 0 Å². The van der Waals surface area contributed by atoms with E-state index in [0.717, 1.165) is 36.9 Å². The zero-order valence-electron chi connectivity index (χ0n) is 11.4. The lowest BCUT2D eigenvalue weighted by atomic mass is 9.86. The number of carbonyl (C=O) groups excluding carboxylic acids is 1. The lowest BCUT2D eigenvalue weighted by molar-refractivity contribution is 0.0712. The number of hydrogen-bond donors (Lipinski definition) is 3. The first-order chi connectivity index (χ1) is 9.15. The number of benzene rings is 1. The first-order valence-electron chi connectivity index (χ1n) is 6.95. The number of anilines is 1. The van der Waals surface area contributed by atoms with Gasteiger partial charge >= 0.3 is 6.03 Å². The highest BCUT2D eigenvalue weighted by atomic mass is 16.3. The molecule has 1 saturated carbocycles. The highest BCUT2D eigenvalue weighted by Crippen LogP contribution is 2.23.